The van der Waals surface area contributed by atoms with Gasteiger partial charge in [-0.25, -0.2) is 0 Å². The lowest BCUT2D eigenvalue weighted by Crippen LogP contribution is -2.28. The normalized spacial score (nSPS) is 12.9. The van der Waals surface area contributed by atoms with Crippen LogP contribution in [0.2, 0.25) is 0 Å². The van der Waals surface area contributed by atoms with Gasteiger partial charge in [-0.3, -0.25) is 4.79 Å². The van der Waals surface area contributed by atoms with Gasteiger partial charge in [0.25, 0.3) is 0 Å². The maximum atomic E-state index is 12.1. The Bertz CT molecular complexity index is 349. The van der Waals surface area contributed by atoms with Crippen molar-refractivity contribution >= 4 is 21.7 Å². The van der Waals surface area contributed by atoms with Crippen LogP contribution in [0.15, 0.2) is 28.7 Å². The molecule has 0 aliphatic rings. The summed E-state index contributed by atoms with van der Waals surface area (Å²) in [6.07, 6.45) is 0. The third-order valence-corrected chi connectivity index (χ3v) is 3.00. The molecule has 0 aliphatic heterocycles. The van der Waals surface area contributed by atoms with Crippen LogP contribution in [-0.4, -0.2) is 12.3 Å². The zero-order valence-electron chi connectivity index (χ0n) is 9.03. The maximum Gasteiger partial charge on any atom is 0.167 e. The predicted molar refractivity (Wildman–Crippen MR) is 65.9 cm³/mol. The highest BCUT2D eigenvalue weighted by Gasteiger charge is 2.21. The van der Waals surface area contributed by atoms with E-state index < -0.39 is 0 Å². The Hall–Kier alpha value is -0.670. The van der Waals surface area contributed by atoms with Crippen molar-refractivity contribution in [3.63, 3.8) is 0 Å². The van der Waals surface area contributed by atoms with Crippen LogP contribution in [0.25, 0.3) is 0 Å². The summed E-state index contributed by atoms with van der Waals surface area (Å²) in [5, 5.41) is 0. The van der Waals surface area contributed by atoms with Gasteiger partial charge in [-0.05, 0) is 18.1 Å². The van der Waals surface area contributed by atoms with Gasteiger partial charge in [0.05, 0.1) is 0 Å². The fraction of sp³-hybridized carbons (Fsp3) is 0.417. The van der Waals surface area contributed by atoms with Crippen LogP contribution in [0.4, 0.5) is 0 Å². The van der Waals surface area contributed by atoms with Gasteiger partial charge in [-0.1, -0.05) is 41.9 Å². The number of halogens is 1. The molecule has 0 aliphatic carbocycles. The van der Waals surface area contributed by atoms with Crippen LogP contribution < -0.4 is 5.73 Å². The molecule has 0 fully saturated rings. The first kappa shape index (κ1) is 12.4. The van der Waals surface area contributed by atoms with Crippen molar-refractivity contribution in [3.8, 4) is 0 Å². The molecule has 1 aromatic carbocycles. The van der Waals surface area contributed by atoms with Crippen LogP contribution in [0.3, 0.4) is 0 Å². The smallest absolute Gasteiger partial charge is 0.167 e. The summed E-state index contributed by atoms with van der Waals surface area (Å²) in [6.45, 7) is 4.45. The lowest BCUT2D eigenvalue weighted by molar-refractivity contribution is 0.0892. The van der Waals surface area contributed by atoms with Crippen molar-refractivity contribution in [1.29, 1.82) is 0 Å². The summed E-state index contributed by atoms with van der Waals surface area (Å²) >= 11 is 3.36. The molecule has 2 nitrogen and oxygen atoms in total. The second-order valence-electron chi connectivity index (χ2n) is 3.96. The second kappa shape index (κ2) is 5.42. The van der Waals surface area contributed by atoms with Gasteiger partial charge >= 0.3 is 0 Å². The highest BCUT2D eigenvalue weighted by atomic mass is 79.9. The van der Waals surface area contributed by atoms with E-state index in [9.17, 15) is 4.79 Å². The Morgan fingerprint density at radius 1 is 1.47 bits per heavy atom. The first-order chi connectivity index (χ1) is 7.06. The summed E-state index contributed by atoms with van der Waals surface area (Å²) in [6, 6.07) is 7.44. The van der Waals surface area contributed by atoms with Crippen molar-refractivity contribution in [1.82, 2.24) is 0 Å². The van der Waals surface area contributed by atoms with Crippen molar-refractivity contribution in [2.24, 2.45) is 17.6 Å². The van der Waals surface area contributed by atoms with Gasteiger partial charge in [0, 0.05) is 22.5 Å². The number of carbonyl (C=O) groups excluding carboxylic acids is 1. The van der Waals surface area contributed by atoms with Gasteiger partial charge in [-0.15, -0.1) is 0 Å². The topological polar surface area (TPSA) is 43.1 Å². The molecule has 0 bridgehead atoms. The number of rotatable bonds is 4. The van der Waals surface area contributed by atoms with Crippen molar-refractivity contribution < 1.29 is 4.79 Å². The Morgan fingerprint density at radius 2 is 2.13 bits per heavy atom. The fourth-order valence-electron chi connectivity index (χ4n) is 1.54. The van der Waals surface area contributed by atoms with Gasteiger partial charge in [0.15, 0.2) is 5.78 Å². The molecule has 15 heavy (non-hydrogen) atoms. The predicted octanol–water partition coefficient (Wildman–Crippen LogP) is 2.86. The van der Waals surface area contributed by atoms with Crippen LogP contribution in [0, 0.1) is 11.8 Å². The molecular weight excluding hydrogens is 254 g/mol. The Morgan fingerprint density at radius 3 is 2.60 bits per heavy atom. The van der Waals surface area contributed by atoms with Gasteiger partial charge in [-0.2, -0.15) is 0 Å². The molecule has 0 spiro atoms. The minimum atomic E-state index is -0.0840. The fourth-order valence-corrected chi connectivity index (χ4v) is 1.94. The molecule has 2 N–H and O–H groups in total. The third kappa shape index (κ3) is 3.14. The lowest BCUT2D eigenvalue weighted by Gasteiger charge is -2.17. The van der Waals surface area contributed by atoms with Gasteiger partial charge < -0.3 is 5.73 Å². The van der Waals surface area contributed by atoms with E-state index >= 15 is 0 Å². The number of benzene rings is 1. The first-order valence-corrected chi connectivity index (χ1v) is 5.85. The molecule has 0 saturated heterocycles. The van der Waals surface area contributed by atoms with Crippen LogP contribution in [-0.2, 0) is 0 Å². The molecule has 1 aromatic rings. The van der Waals surface area contributed by atoms with E-state index in [1.165, 1.54) is 0 Å². The monoisotopic (exact) mass is 269 g/mol. The van der Waals surface area contributed by atoms with E-state index in [-0.39, 0.29) is 17.6 Å². The van der Waals surface area contributed by atoms with E-state index in [0.29, 0.717) is 6.54 Å². The Labute approximate surface area is 99.0 Å². The summed E-state index contributed by atoms with van der Waals surface area (Å²) < 4.78 is 0.924. The molecule has 1 unspecified atom stereocenters. The molecular formula is C12H16BrNO. The minimum absolute atomic E-state index is 0.0840. The summed E-state index contributed by atoms with van der Waals surface area (Å²) in [5.74, 6) is 0.328. The van der Waals surface area contributed by atoms with Crippen LogP contribution >= 0.6 is 15.9 Å². The van der Waals surface area contributed by atoms with E-state index in [4.69, 9.17) is 5.73 Å². The van der Waals surface area contributed by atoms with Gasteiger partial charge in [0.2, 0.25) is 0 Å². The quantitative estimate of drug-likeness (QED) is 0.855. The molecule has 3 heteroatoms. The highest BCUT2D eigenvalue weighted by molar-refractivity contribution is 9.10. The van der Waals surface area contributed by atoms with Crippen LogP contribution in [0.5, 0.6) is 0 Å². The number of hydrogen-bond acceptors (Lipinski definition) is 2. The number of hydrogen-bond donors (Lipinski definition) is 1. The molecule has 0 radical (unpaired) electrons. The summed E-state index contributed by atoms with van der Waals surface area (Å²) in [5.41, 5.74) is 6.35. The SMILES string of the molecule is CC(C)C(CN)C(=O)c1cccc(Br)c1. The maximum absolute atomic E-state index is 12.1. The average molecular weight is 270 g/mol. The molecule has 0 heterocycles. The largest absolute Gasteiger partial charge is 0.330 e. The van der Waals surface area contributed by atoms with Gasteiger partial charge in [0.1, 0.15) is 0 Å². The third-order valence-electron chi connectivity index (χ3n) is 2.50. The molecule has 1 atom stereocenters. The molecule has 82 valence electrons. The summed E-state index contributed by atoms with van der Waals surface area (Å²) in [7, 11) is 0. The standard InChI is InChI=1S/C12H16BrNO/c1-8(2)11(7-14)12(15)9-4-3-5-10(13)6-9/h3-6,8,11H,7,14H2,1-2H3. The van der Waals surface area contributed by atoms with E-state index in [1.54, 1.807) is 0 Å². The molecule has 1 rings (SSSR count). The zero-order valence-corrected chi connectivity index (χ0v) is 10.6. The average Bonchev–Trinajstić information content (AvgIpc) is 2.18. The minimum Gasteiger partial charge on any atom is -0.330 e. The lowest BCUT2D eigenvalue weighted by atomic mass is 9.88. The molecule has 0 amide bonds. The number of nitrogens with two attached hydrogens (primary N) is 1. The summed E-state index contributed by atoms with van der Waals surface area (Å²) in [4.78, 5) is 12.1. The Kier molecular flexibility index (Phi) is 4.48. The van der Waals surface area contributed by atoms with E-state index in [2.05, 4.69) is 15.9 Å². The van der Waals surface area contributed by atoms with Crippen LogP contribution in [0.1, 0.15) is 24.2 Å². The van der Waals surface area contributed by atoms with E-state index in [0.717, 1.165) is 10.0 Å². The van der Waals surface area contributed by atoms with Crippen molar-refractivity contribution in [2.75, 3.05) is 6.54 Å². The number of carbonyl (C=O) groups is 1. The highest BCUT2D eigenvalue weighted by Crippen LogP contribution is 2.19. The Balaban J connectivity index is 2.93. The van der Waals surface area contributed by atoms with Crippen molar-refractivity contribution in [2.45, 2.75) is 13.8 Å². The second-order valence-corrected chi connectivity index (χ2v) is 4.88. The van der Waals surface area contributed by atoms with E-state index in [1.807, 2.05) is 38.1 Å². The zero-order chi connectivity index (χ0) is 11.4. The first-order valence-electron chi connectivity index (χ1n) is 5.06. The number of Topliss-reactive ketones (excluding diaryl/α,β-unsaturated/α-hetero) is 1. The molecule has 0 saturated carbocycles. The number of ketones is 1. The van der Waals surface area contributed by atoms with Crippen molar-refractivity contribution in [3.05, 3.63) is 34.3 Å². The molecule has 0 aromatic heterocycles.